The number of hydrogen-bond donors (Lipinski definition) is 0. The first-order valence-corrected chi connectivity index (χ1v) is 3.22. The average molecular weight is 129 g/mol. The molecular formula is C7H15NO. The molecular weight excluding hydrogens is 114 g/mol. The molecule has 0 aromatic heterocycles. The van der Waals surface area contributed by atoms with Gasteiger partial charge in [-0.1, -0.05) is 0 Å². The zero-order chi connectivity index (χ0) is 7.11. The first-order valence-electron chi connectivity index (χ1n) is 3.22. The van der Waals surface area contributed by atoms with Gasteiger partial charge >= 0.3 is 0 Å². The number of rotatable bonds is 1. The van der Waals surface area contributed by atoms with E-state index in [-0.39, 0.29) is 0 Å². The van der Waals surface area contributed by atoms with Crippen LogP contribution in [0.2, 0.25) is 0 Å². The van der Waals surface area contributed by atoms with Gasteiger partial charge in [0.2, 0.25) is 0 Å². The largest absolute Gasteiger partial charge is 0.302 e. The lowest BCUT2D eigenvalue weighted by atomic mass is 10.4. The molecule has 0 unspecified atom stereocenters. The molecule has 54 valence electrons. The van der Waals surface area contributed by atoms with Crippen LogP contribution in [0, 0.1) is 0 Å². The third kappa shape index (κ3) is 3.27. The van der Waals surface area contributed by atoms with Crippen molar-refractivity contribution < 1.29 is 4.84 Å². The van der Waals surface area contributed by atoms with E-state index in [0.29, 0.717) is 0 Å². The van der Waals surface area contributed by atoms with Gasteiger partial charge in [0.15, 0.2) is 0 Å². The molecule has 2 heteroatoms. The van der Waals surface area contributed by atoms with Crippen molar-refractivity contribution in [3.8, 4) is 0 Å². The van der Waals surface area contributed by atoms with Crippen molar-refractivity contribution in [2.45, 2.75) is 12.8 Å². The summed E-state index contributed by atoms with van der Waals surface area (Å²) in [7, 11) is 1.73. The Balaban J connectivity index is 0.000000291. The minimum atomic E-state index is 1.12. The Labute approximate surface area is 57.1 Å². The fraction of sp³-hybridized carbons (Fsp3) is 0.714. The highest BCUT2D eigenvalue weighted by Crippen LogP contribution is 2.05. The van der Waals surface area contributed by atoms with Crippen LogP contribution in [0.15, 0.2) is 13.2 Å². The molecule has 1 fully saturated rings. The van der Waals surface area contributed by atoms with E-state index < -0.39 is 0 Å². The Morgan fingerprint density at radius 3 is 1.89 bits per heavy atom. The SMILES string of the molecule is C=C.CON1CCCC1. The van der Waals surface area contributed by atoms with E-state index in [0.717, 1.165) is 13.1 Å². The Hall–Kier alpha value is -0.340. The van der Waals surface area contributed by atoms with Crippen LogP contribution >= 0.6 is 0 Å². The summed E-state index contributed by atoms with van der Waals surface area (Å²) in [5.74, 6) is 0. The quantitative estimate of drug-likeness (QED) is 0.497. The van der Waals surface area contributed by atoms with E-state index in [4.69, 9.17) is 4.84 Å². The second-order valence-electron chi connectivity index (χ2n) is 1.82. The molecule has 0 atom stereocenters. The highest BCUT2D eigenvalue weighted by Gasteiger charge is 2.08. The minimum Gasteiger partial charge on any atom is -0.302 e. The van der Waals surface area contributed by atoms with Crippen molar-refractivity contribution in [2.75, 3.05) is 20.2 Å². The molecule has 0 saturated carbocycles. The number of nitrogens with zero attached hydrogens (tertiary/aromatic N) is 1. The van der Waals surface area contributed by atoms with E-state index in [1.165, 1.54) is 12.8 Å². The molecule has 0 spiro atoms. The van der Waals surface area contributed by atoms with Gasteiger partial charge in [-0.2, -0.15) is 5.06 Å². The summed E-state index contributed by atoms with van der Waals surface area (Å²) in [6.45, 7) is 8.24. The van der Waals surface area contributed by atoms with Gasteiger partial charge < -0.3 is 4.84 Å². The molecule has 0 bridgehead atoms. The monoisotopic (exact) mass is 129 g/mol. The maximum absolute atomic E-state index is 4.94. The van der Waals surface area contributed by atoms with Crippen molar-refractivity contribution >= 4 is 0 Å². The smallest absolute Gasteiger partial charge is 0.0575 e. The lowest BCUT2D eigenvalue weighted by molar-refractivity contribution is -0.112. The van der Waals surface area contributed by atoms with Crippen LogP contribution in [0.25, 0.3) is 0 Å². The lowest BCUT2D eigenvalue weighted by Gasteiger charge is -2.08. The fourth-order valence-electron chi connectivity index (χ4n) is 0.871. The molecule has 1 rings (SSSR count). The summed E-state index contributed by atoms with van der Waals surface area (Å²) in [6, 6.07) is 0. The van der Waals surface area contributed by atoms with Crippen molar-refractivity contribution in [3.05, 3.63) is 13.2 Å². The molecule has 0 aromatic carbocycles. The van der Waals surface area contributed by atoms with E-state index in [2.05, 4.69) is 13.2 Å². The zero-order valence-corrected chi connectivity index (χ0v) is 6.10. The highest BCUT2D eigenvalue weighted by atomic mass is 16.7. The van der Waals surface area contributed by atoms with Crippen molar-refractivity contribution in [2.24, 2.45) is 0 Å². The maximum Gasteiger partial charge on any atom is 0.0575 e. The predicted octanol–water partition coefficient (Wildman–Crippen LogP) is 1.45. The summed E-state index contributed by atoms with van der Waals surface area (Å²) in [4.78, 5) is 4.94. The Bertz CT molecular complexity index is 59.9. The molecule has 0 aliphatic carbocycles. The van der Waals surface area contributed by atoms with Crippen LogP contribution in [0.4, 0.5) is 0 Å². The van der Waals surface area contributed by atoms with Crippen molar-refractivity contribution in [1.82, 2.24) is 5.06 Å². The summed E-state index contributed by atoms with van der Waals surface area (Å²) < 4.78 is 0. The summed E-state index contributed by atoms with van der Waals surface area (Å²) >= 11 is 0. The van der Waals surface area contributed by atoms with Crippen LogP contribution in [-0.2, 0) is 4.84 Å². The molecule has 1 aliphatic heterocycles. The van der Waals surface area contributed by atoms with Crippen LogP contribution in [-0.4, -0.2) is 25.3 Å². The minimum absolute atomic E-state index is 1.12. The summed E-state index contributed by atoms with van der Waals surface area (Å²) in [5.41, 5.74) is 0. The van der Waals surface area contributed by atoms with E-state index in [1.807, 2.05) is 5.06 Å². The maximum atomic E-state index is 4.94. The summed E-state index contributed by atoms with van der Waals surface area (Å²) in [5, 5.41) is 1.99. The van der Waals surface area contributed by atoms with Gasteiger partial charge in [0.1, 0.15) is 0 Å². The van der Waals surface area contributed by atoms with Gasteiger partial charge in [-0.05, 0) is 12.8 Å². The zero-order valence-electron chi connectivity index (χ0n) is 6.10. The molecule has 2 nitrogen and oxygen atoms in total. The van der Waals surface area contributed by atoms with E-state index >= 15 is 0 Å². The van der Waals surface area contributed by atoms with Gasteiger partial charge in [0.25, 0.3) is 0 Å². The van der Waals surface area contributed by atoms with Crippen LogP contribution in [0.1, 0.15) is 12.8 Å². The Morgan fingerprint density at radius 2 is 1.67 bits per heavy atom. The summed E-state index contributed by atoms with van der Waals surface area (Å²) in [6.07, 6.45) is 2.60. The molecule has 0 amide bonds. The fourth-order valence-corrected chi connectivity index (χ4v) is 0.871. The van der Waals surface area contributed by atoms with Crippen LogP contribution in [0.3, 0.4) is 0 Å². The lowest BCUT2D eigenvalue weighted by Crippen LogP contribution is -2.16. The Morgan fingerprint density at radius 1 is 1.22 bits per heavy atom. The van der Waals surface area contributed by atoms with Gasteiger partial charge in [-0.3, -0.25) is 0 Å². The van der Waals surface area contributed by atoms with Crippen LogP contribution in [0.5, 0.6) is 0 Å². The van der Waals surface area contributed by atoms with Crippen LogP contribution < -0.4 is 0 Å². The molecule has 0 aromatic rings. The van der Waals surface area contributed by atoms with E-state index in [1.54, 1.807) is 7.11 Å². The second kappa shape index (κ2) is 5.79. The Kier molecular flexibility index (Phi) is 5.57. The first-order chi connectivity index (χ1) is 4.43. The number of hydrogen-bond acceptors (Lipinski definition) is 2. The molecule has 1 saturated heterocycles. The standard InChI is InChI=1S/C5H11NO.C2H4/c1-7-6-4-2-3-5-6;1-2/h2-5H2,1H3;1-2H2. The average Bonchev–Trinajstić information content (AvgIpc) is 2.43. The van der Waals surface area contributed by atoms with Gasteiger partial charge in [-0.25, -0.2) is 0 Å². The van der Waals surface area contributed by atoms with Gasteiger partial charge in [-0.15, -0.1) is 13.2 Å². The predicted molar refractivity (Wildman–Crippen MR) is 39.1 cm³/mol. The third-order valence-corrected chi connectivity index (χ3v) is 1.32. The second-order valence-corrected chi connectivity index (χ2v) is 1.82. The normalized spacial score (nSPS) is 18.8. The topological polar surface area (TPSA) is 12.5 Å². The van der Waals surface area contributed by atoms with Gasteiger partial charge in [0, 0.05) is 13.1 Å². The molecule has 1 aliphatic rings. The number of hydroxylamine groups is 2. The third-order valence-electron chi connectivity index (χ3n) is 1.32. The highest BCUT2D eigenvalue weighted by molar-refractivity contribution is 4.55. The van der Waals surface area contributed by atoms with Crippen molar-refractivity contribution in [1.29, 1.82) is 0 Å². The molecule has 0 radical (unpaired) electrons. The molecule has 9 heavy (non-hydrogen) atoms. The molecule has 1 heterocycles. The van der Waals surface area contributed by atoms with E-state index in [9.17, 15) is 0 Å². The molecule has 0 N–H and O–H groups in total. The van der Waals surface area contributed by atoms with Crippen molar-refractivity contribution in [3.63, 3.8) is 0 Å². The first kappa shape index (κ1) is 8.66. The van der Waals surface area contributed by atoms with Gasteiger partial charge in [0.05, 0.1) is 7.11 Å².